The van der Waals surface area contributed by atoms with E-state index in [4.69, 9.17) is 10.2 Å². The van der Waals surface area contributed by atoms with Gasteiger partial charge in [-0.2, -0.15) is 0 Å². The summed E-state index contributed by atoms with van der Waals surface area (Å²) in [6.07, 6.45) is 1.31. The van der Waals surface area contributed by atoms with Gasteiger partial charge >= 0.3 is 5.97 Å². The molecule has 4 nitrogen and oxygen atoms in total. The van der Waals surface area contributed by atoms with Gasteiger partial charge in [-0.1, -0.05) is 0 Å². The maximum absolute atomic E-state index is 10.2. The number of carbonyl (C=O) groups is 1. The molecule has 0 fully saturated rings. The quantitative estimate of drug-likeness (QED) is 0.639. The van der Waals surface area contributed by atoms with Crippen LogP contribution in [0.25, 0.3) is 0 Å². The van der Waals surface area contributed by atoms with Crippen LogP contribution in [0.3, 0.4) is 0 Å². The van der Waals surface area contributed by atoms with Crippen LogP contribution in [-0.4, -0.2) is 21.2 Å². The summed E-state index contributed by atoms with van der Waals surface area (Å²) in [6, 6.07) is 2.73. The third-order valence-corrected chi connectivity index (χ3v) is 0.989. The average Bonchev–Trinajstić information content (AvgIpc) is 1.88. The van der Waals surface area contributed by atoms with Gasteiger partial charge in [0.25, 0.3) is 0 Å². The van der Waals surface area contributed by atoms with Gasteiger partial charge in [-0.25, -0.2) is 9.78 Å². The number of aromatic hydroxyl groups is 1. The zero-order valence-corrected chi connectivity index (χ0v) is 6.44. The molecular formula is C6H5FeNO3. The van der Waals surface area contributed by atoms with Crippen molar-refractivity contribution in [1.82, 2.24) is 4.98 Å². The fourth-order valence-corrected chi connectivity index (χ4v) is 0.562. The van der Waals surface area contributed by atoms with Crippen LogP contribution < -0.4 is 0 Å². The Morgan fingerprint density at radius 3 is 2.55 bits per heavy atom. The fraction of sp³-hybridized carbons (Fsp3) is 0. The van der Waals surface area contributed by atoms with E-state index in [1.807, 2.05) is 0 Å². The van der Waals surface area contributed by atoms with Crippen molar-refractivity contribution in [2.75, 3.05) is 0 Å². The van der Waals surface area contributed by atoms with Gasteiger partial charge in [0.05, 0.1) is 0 Å². The normalized spacial score (nSPS) is 8.36. The van der Waals surface area contributed by atoms with Gasteiger partial charge in [-0.15, -0.1) is 0 Å². The van der Waals surface area contributed by atoms with Gasteiger partial charge in [0, 0.05) is 23.3 Å². The summed E-state index contributed by atoms with van der Waals surface area (Å²) in [6.45, 7) is 0. The molecule has 11 heavy (non-hydrogen) atoms. The maximum atomic E-state index is 10.2. The standard InChI is InChI=1S/C6H5NO3.Fe/c8-4-2-1-3-7-5(4)6(9)10;/h1-3,8H,(H,9,10);. The molecule has 0 saturated carbocycles. The number of aromatic carboxylic acids is 1. The topological polar surface area (TPSA) is 70.4 Å². The zero-order valence-electron chi connectivity index (χ0n) is 5.34. The molecule has 0 bridgehead atoms. The van der Waals surface area contributed by atoms with Crippen LogP contribution in [0.15, 0.2) is 18.3 Å². The van der Waals surface area contributed by atoms with Crippen LogP contribution in [0.5, 0.6) is 5.75 Å². The first-order valence-electron chi connectivity index (χ1n) is 2.59. The predicted octanol–water partition coefficient (Wildman–Crippen LogP) is 0.483. The molecule has 0 aliphatic carbocycles. The third-order valence-electron chi connectivity index (χ3n) is 0.989. The Labute approximate surface area is 73.4 Å². The molecule has 0 radical (unpaired) electrons. The first kappa shape index (κ1) is 9.94. The van der Waals surface area contributed by atoms with Gasteiger partial charge < -0.3 is 10.2 Å². The van der Waals surface area contributed by atoms with E-state index in [1.165, 1.54) is 18.3 Å². The smallest absolute Gasteiger partial charge is 0.358 e. The molecule has 1 rings (SSSR count). The number of carboxylic acid groups (broad SMARTS) is 1. The number of carboxylic acids is 1. The third kappa shape index (κ3) is 2.22. The number of pyridine rings is 1. The first-order chi connectivity index (χ1) is 4.72. The second-order valence-electron chi connectivity index (χ2n) is 1.68. The molecule has 2 N–H and O–H groups in total. The van der Waals surface area contributed by atoms with Crippen LogP contribution in [0.1, 0.15) is 10.5 Å². The monoisotopic (exact) mass is 195 g/mol. The molecule has 1 heterocycles. The van der Waals surface area contributed by atoms with E-state index in [9.17, 15) is 4.79 Å². The Balaban J connectivity index is 0.000001000. The second kappa shape index (κ2) is 3.95. The van der Waals surface area contributed by atoms with E-state index in [0.29, 0.717) is 0 Å². The van der Waals surface area contributed by atoms with E-state index < -0.39 is 5.97 Å². The molecule has 5 heteroatoms. The molecule has 0 amide bonds. The fourth-order valence-electron chi connectivity index (χ4n) is 0.562. The number of nitrogens with zero attached hydrogens (tertiary/aromatic N) is 1. The minimum atomic E-state index is -1.22. The molecule has 0 atom stereocenters. The van der Waals surface area contributed by atoms with Crippen molar-refractivity contribution >= 4 is 5.97 Å². The molecule has 60 valence electrons. The summed E-state index contributed by atoms with van der Waals surface area (Å²) in [5.41, 5.74) is -0.317. The van der Waals surface area contributed by atoms with Gasteiger partial charge in [0.1, 0.15) is 5.75 Å². The molecule has 0 unspecified atom stereocenters. The van der Waals surface area contributed by atoms with Gasteiger partial charge in [-0.3, -0.25) is 0 Å². The molecule has 1 aromatic heterocycles. The molecule has 0 saturated heterocycles. The van der Waals surface area contributed by atoms with E-state index in [2.05, 4.69) is 4.98 Å². The summed E-state index contributed by atoms with van der Waals surface area (Å²) in [7, 11) is 0. The summed E-state index contributed by atoms with van der Waals surface area (Å²) in [4.78, 5) is 13.6. The maximum Gasteiger partial charge on any atom is 0.358 e. The Kier molecular flexibility index (Phi) is 3.57. The Morgan fingerprint density at radius 1 is 1.55 bits per heavy atom. The van der Waals surface area contributed by atoms with E-state index in [1.54, 1.807) is 0 Å². The van der Waals surface area contributed by atoms with Crippen molar-refractivity contribution in [1.29, 1.82) is 0 Å². The van der Waals surface area contributed by atoms with Crippen molar-refractivity contribution in [3.63, 3.8) is 0 Å². The minimum Gasteiger partial charge on any atom is -0.505 e. The summed E-state index contributed by atoms with van der Waals surface area (Å²) in [5, 5.41) is 17.2. The molecule has 1 aromatic rings. The van der Waals surface area contributed by atoms with E-state index in [0.717, 1.165) is 0 Å². The number of aromatic nitrogens is 1. The van der Waals surface area contributed by atoms with Crippen molar-refractivity contribution in [2.45, 2.75) is 0 Å². The Hall–Kier alpha value is -1.06. The summed E-state index contributed by atoms with van der Waals surface area (Å²) >= 11 is 0. The van der Waals surface area contributed by atoms with Gasteiger partial charge in [0.2, 0.25) is 0 Å². The van der Waals surface area contributed by atoms with Gasteiger partial charge in [-0.05, 0) is 12.1 Å². The Bertz CT molecular complexity index is 264. The number of rotatable bonds is 1. The van der Waals surface area contributed by atoms with Crippen LogP contribution in [0, 0.1) is 0 Å². The van der Waals surface area contributed by atoms with Crippen molar-refractivity contribution < 1.29 is 32.1 Å². The van der Waals surface area contributed by atoms with E-state index >= 15 is 0 Å². The first-order valence-corrected chi connectivity index (χ1v) is 2.59. The SMILES string of the molecule is O=C(O)c1ncccc1O.[Fe]. The van der Waals surface area contributed by atoms with E-state index in [-0.39, 0.29) is 28.5 Å². The number of hydrogen-bond acceptors (Lipinski definition) is 3. The van der Waals surface area contributed by atoms with Crippen LogP contribution in [-0.2, 0) is 17.1 Å². The van der Waals surface area contributed by atoms with Crippen LogP contribution in [0.2, 0.25) is 0 Å². The molecule has 0 aliphatic heterocycles. The zero-order chi connectivity index (χ0) is 7.56. The average molecular weight is 195 g/mol. The Morgan fingerprint density at radius 2 is 2.18 bits per heavy atom. The summed E-state index contributed by atoms with van der Waals surface area (Å²) < 4.78 is 0. The second-order valence-corrected chi connectivity index (χ2v) is 1.68. The number of hydrogen-bond donors (Lipinski definition) is 2. The van der Waals surface area contributed by atoms with Crippen LogP contribution >= 0.6 is 0 Å². The van der Waals surface area contributed by atoms with Crippen molar-refractivity contribution in [3.05, 3.63) is 24.0 Å². The molecule has 0 aromatic carbocycles. The van der Waals surface area contributed by atoms with Gasteiger partial charge in [0.15, 0.2) is 5.69 Å². The predicted molar refractivity (Wildman–Crippen MR) is 32.9 cm³/mol. The van der Waals surface area contributed by atoms with Crippen LogP contribution in [0.4, 0.5) is 0 Å². The van der Waals surface area contributed by atoms with Crippen molar-refractivity contribution in [2.24, 2.45) is 0 Å². The molecule has 0 aliphatic rings. The van der Waals surface area contributed by atoms with Crippen molar-refractivity contribution in [3.8, 4) is 5.75 Å². The molecule has 0 spiro atoms. The largest absolute Gasteiger partial charge is 0.505 e. The minimum absolute atomic E-state index is 0. The molecular weight excluding hydrogens is 190 g/mol. The summed E-state index contributed by atoms with van der Waals surface area (Å²) in [5.74, 6) is -1.53.